The van der Waals surface area contributed by atoms with Crippen molar-refractivity contribution in [2.45, 2.75) is 25.8 Å². The lowest BCUT2D eigenvalue weighted by Gasteiger charge is -2.24. The lowest BCUT2D eigenvalue weighted by Crippen LogP contribution is -2.39. The molecule has 122 valence electrons. The van der Waals surface area contributed by atoms with Crippen molar-refractivity contribution >= 4 is 29.9 Å². The number of hydrogen-bond acceptors (Lipinski definition) is 4. The van der Waals surface area contributed by atoms with E-state index < -0.39 is 0 Å². The van der Waals surface area contributed by atoms with Gasteiger partial charge in [0.1, 0.15) is 0 Å². The molecule has 3 N–H and O–H groups in total. The Kier molecular flexibility index (Phi) is 5.08. The third-order valence-electron chi connectivity index (χ3n) is 4.55. The normalized spacial score (nSPS) is 28.1. The predicted octanol–water partition coefficient (Wildman–Crippen LogP) is 0.380. The van der Waals surface area contributed by atoms with Crippen LogP contribution in [0.25, 0.3) is 0 Å². The van der Waals surface area contributed by atoms with Crippen LogP contribution in [0.3, 0.4) is 0 Å². The number of carbonyl (C=O) groups excluding carboxylic acids is 2. The molecule has 0 aliphatic carbocycles. The van der Waals surface area contributed by atoms with E-state index in [0.717, 1.165) is 12.1 Å². The Hall–Kier alpha value is -1.60. The number of rotatable bonds is 3. The number of hydrogen-bond donors (Lipinski definition) is 2. The zero-order valence-corrected chi connectivity index (χ0v) is 13.4. The van der Waals surface area contributed by atoms with Crippen molar-refractivity contribution in [3.63, 3.8) is 0 Å². The maximum absolute atomic E-state index is 12.7. The summed E-state index contributed by atoms with van der Waals surface area (Å²) in [6.45, 7) is 3.82. The summed E-state index contributed by atoms with van der Waals surface area (Å²) in [5, 5.41) is 6.55. The van der Waals surface area contributed by atoms with E-state index in [0.29, 0.717) is 25.6 Å². The monoisotopic (exact) mass is 327 g/mol. The van der Waals surface area contributed by atoms with Gasteiger partial charge in [-0.2, -0.15) is 5.10 Å². The van der Waals surface area contributed by atoms with Crippen LogP contribution in [-0.4, -0.2) is 52.6 Å². The van der Waals surface area contributed by atoms with E-state index in [2.05, 4.69) is 17.1 Å². The molecule has 3 rings (SSSR count). The first-order chi connectivity index (χ1) is 10.1. The van der Waals surface area contributed by atoms with Gasteiger partial charge in [0.2, 0.25) is 11.8 Å². The quantitative estimate of drug-likeness (QED) is 0.839. The Morgan fingerprint density at radius 1 is 1.50 bits per heavy atom. The van der Waals surface area contributed by atoms with E-state index in [-0.39, 0.29) is 42.6 Å². The molecule has 3 atom stereocenters. The number of anilines is 1. The van der Waals surface area contributed by atoms with E-state index in [4.69, 9.17) is 5.73 Å². The molecule has 0 saturated carbocycles. The van der Waals surface area contributed by atoms with E-state index in [1.807, 2.05) is 4.90 Å². The standard InChI is InChI=1S/C14H21N5O2.ClH/c1-9-2-10(4-15)7-18(9)14(21)11-3-13(20)19(8-11)12-5-16-17-6-12;/h5-6,9-11H,2-4,7-8,15H2,1H3,(H,16,17);1H. The molecule has 8 heteroatoms. The lowest BCUT2D eigenvalue weighted by atomic mass is 10.1. The molecule has 2 fully saturated rings. The highest BCUT2D eigenvalue weighted by Crippen LogP contribution is 2.29. The van der Waals surface area contributed by atoms with Crippen molar-refractivity contribution in [2.75, 3.05) is 24.5 Å². The molecule has 0 bridgehead atoms. The molecule has 2 saturated heterocycles. The number of amides is 2. The Balaban J connectivity index is 0.00000176. The largest absolute Gasteiger partial charge is 0.339 e. The third kappa shape index (κ3) is 2.96. The van der Waals surface area contributed by atoms with Crippen molar-refractivity contribution in [2.24, 2.45) is 17.6 Å². The minimum atomic E-state index is -0.258. The summed E-state index contributed by atoms with van der Waals surface area (Å²) >= 11 is 0. The van der Waals surface area contributed by atoms with Crippen LogP contribution in [0, 0.1) is 11.8 Å². The first-order valence-corrected chi connectivity index (χ1v) is 7.39. The molecule has 3 unspecified atom stereocenters. The van der Waals surface area contributed by atoms with E-state index in [1.165, 1.54) is 0 Å². The summed E-state index contributed by atoms with van der Waals surface area (Å²) < 4.78 is 0. The molecule has 2 amide bonds. The summed E-state index contributed by atoms with van der Waals surface area (Å²) in [5.74, 6) is 0.187. The van der Waals surface area contributed by atoms with Gasteiger partial charge in [0.05, 0.1) is 17.8 Å². The zero-order chi connectivity index (χ0) is 15.0. The van der Waals surface area contributed by atoms with Crippen LogP contribution in [0.15, 0.2) is 12.4 Å². The van der Waals surface area contributed by atoms with Gasteiger partial charge in [-0.05, 0) is 25.8 Å². The number of aromatic nitrogens is 2. The smallest absolute Gasteiger partial charge is 0.228 e. The molecular weight excluding hydrogens is 306 g/mol. The molecule has 7 nitrogen and oxygen atoms in total. The molecule has 1 aromatic rings. The number of nitrogens with two attached hydrogens (primary N) is 1. The fourth-order valence-electron chi connectivity index (χ4n) is 3.37. The van der Waals surface area contributed by atoms with Crippen molar-refractivity contribution < 1.29 is 9.59 Å². The highest BCUT2D eigenvalue weighted by atomic mass is 35.5. The molecule has 2 aliphatic heterocycles. The van der Waals surface area contributed by atoms with Crippen LogP contribution in [0.4, 0.5) is 5.69 Å². The number of likely N-dealkylation sites (tertiary alicyclic amines) is 1. The average Bonchev–Trinajstić information content (AvgIpc) is 3.16. The van der Waals surface area contributed by atoms with Gasteiger partial charge in [0.15, 0.2) is 0 Å². The third-order valence-corrected chi connectivity index (χ3v) is 4.55. The van der Waals surface area contributed by atoms with Gasteiger partial charge in [-0.25, -0.2) is 0 Å². The minimum absolute atomic E-state index is 0. The summed E-state index contributed by atoms with van der Waals surface area (Å²) in [6, 6.07) is 0.212. The number of nitrogens with one attached hydrogen (secondary N) is 1. The number of halogens is 1. The Labute approximate surface area is 135 Å². The van der Waals surface area contributed by atoms with Crippen molar-refractivity contribution in [3.05, 3.63) is 12.4 Å². The van der Waals surface area contributed by atoms with E-state index in [9.17, 15) is 9.59 Å². The topological polar surface area (TPSA) is 95.3 Å². The van der Waals surface area contributed by atoms with Crippen LogP contribution in [-0.2, 0) is 9.59 Å². The van der Waals surface area contributed by atoms with Crippen molar-refractivity contribution in [1.82, 2.24) is 15.1 Å². The molecule has 1 aromatic heterocycles. The van der Waals surface area contributed by atoms with Gasteiger partial charge in [-0.1, -0.05) is 0 Å². The minimum Gasteiger partial charge on any atom is -0.339 e. The molecule has 0 aromatic carbocycles. The number of H-pyrrole nitrogens is 1. The SMILES string of the molecule is CC1CC(CN)CN1C(=O)C1CC(=O)N(c2cn[nH]c2)C1.Cl. The highest BCUT2D eigenvalue weighted by Gasteiger charge is 2.41. The van der Waals surface area contributed by atoms with Gasteiger partial charge in [0, 0.05) is 31.7 Å². The first kappa shape index (κ1) is 16.8. The number of aromatic amines is 1. The van der Waals surface area contributed by atoms with Crippen LogP contribution in [0.2, 0.25) is 0 Å². The van der Waals surface area contributed by atoms with Crippen molar-refractivity contribution in [3.8, 4) is 0 Å². The maximum Gasteiger partial charge on any atom is 0.228 e. The molecule has 22 heavy (non-hydrogen) atoms. The van der Waals surface area contributed by atoms with E-state index in [1.54, 1.807) is 17.3 Å². The summed E-state index contributed by atoms with van der Waals surface area (Å²) in [5.41, 5.74) is 6.44. The Morgan fingerprint density at radius 3 is 2.86 bits per heavy atom. The molecular formula is C14H22ClN5O2. The Morgan fingerprint density at radius 2 is 2.27 bits per heavy atom. The van der Waals surface area contributed by atoms with Gasteiger partial charge in [-0.15, -0.1) is 12.4 Å². The molecule has 2 aliphatic rings. The maximum atomic E-state index is 12.7. The molecule has 3 heterocycles. The van der Waals surface area contributed by atoms with Crippen LogP contribution in [0.5, 0.6) is 0 Å². The van der Waals surface area contributed by atoms with Gasteiger partial charge in [0.25, 0.3) is 0 Å². The molecule has 0 spiro atoms. The van der Waals surface area contributed by atoms with E-state index >= 15 is 0 Å². The second-order valence-corrected chi connectivity index (χ2v) is 6.04. The van der Waals surface area contributed by atoms with Crippen LogP contribution < -0.4 is 10.6 Å². The fraction of sp³-hybridized carbons (Fsp3) is 0.643. The average molecular weight is 328 g/mol. The zero-order valence-electron chi connectivity index (χ0n) is 12.6. The van der Waals surface area contributed by atoms with Crippen LogP contribution >= 0.6 is 12.4 Å². The highest BCUT2D eigenvalue weighted by molar-refractivity contribution is 6.00. The van der Waals surface area contributed by atoms with Gasteiger partial charge < -0.3 is 15.5 Å². The van der Waals surface area contributed by atoms with Crippen LogP contribution in [0.1, 0.15) is 19.8 Å². The lowest BCUT2D eigenvalue weighted by molar-refractivity contribution is -0.136. The summed E-state index contributed by atoms with van der Waals surface area (Å²) in [6.07, 6.45) is 4.51. The van der Waals surface area contributed by atoms with Gasteiger partial charge in [-0.3, -0.25) is 14.7 Å². The predicted molar refractivity (Wildman–Crippen MR) is 84.6 cm³/mol. The summed E-state index contributed by atoms with van der Waals surface area (Å²) in [7, 11) is 0. The second kappa shape index (κ2) is 6.66. The Bertz CT molecular complexity index is 535. The number of nitrogens with zero attached hydrogens (tertiary/aromatic N) is 3. The second-order valence-electron chi connectivity index (χ2n) is 6.04. The van der Waals surface area contributed by atoms with Gasteiger partial charge >= 0.3 is 0 Å². The summed E-state index contributed by atoms with van der Waals surface area (Å²) in [4.78, 5) is 28.3. The fourth-order valence-corrected chi connectivity index (χ4v) is 3.37. The first-order valence-electron chi connectivity index (χ1n) is 7.39. The van der Waals surface area contributed by atoms with Crippen molar-refractivity contribution in [1.29, 1.82) is 0 Å². The number of carbonyl (C=O) groups is 2. The molecule has 0 radical (unpaired) electrons.